The van der Waals surface area contributed by atoms with Gasteiger partial charge in [-0.05, 0) is 62.2 Å². The van der Waals surface area contributed by atoms with E-state index >= 15 is 0 Å². The van der Waals surface area contributed by atoms with Gasteiger partial charge in [0.1, 0.15) is 5.69 Å². The molecular formula is C22H22BrClN4O3. The number of carbonyl (C=O) groups is 3. The van der Waals surface area contributed by atoms with Gasteiger partial charge in [-0.1, -0.05) is 40.5 Å². The number of aromatic nitrogens is 1. The smallest absolute Gasteiger partial charge is 0.328 e. The van der Waals surface area contributed by atoms with Crippen LogP contribution >= 0.6 is 27.5 Å². The zero-order valence-corrected chi connectivity index (χ0v) is 19.6. The third kappa shape index (κ3) is 5.08. The molecular weight excluding hydrogens is 484 g/mol. The molecule has 0 bridgehead atoms. The summed E-state index contributed by atoms with van der Waals surface area (Å²) >= 11 is 9.56. The Labute approximate surface area is 193 Å². The number of halogens is 2. The lowest BCUT2D eigenvalue weighted by Crippen LogP contribution is -2.43. The largest absolute Gasteiger partial charge is 0.345 e. The maximum atomic E-state index is 13.1. The third-order valence-corrected chi connectivity index (χ3v) is 5.82. The minimum atomic E-state index is -0.867. The van der Waals surface area contributed by atoms with Crippen molar-refractivity contribution in [2.45, 2.75) is 33.2 Å². The molecule has 3 aromatic rings. The molecule has 3 rings (SSSR count). The molecule has 162 valence electrons. The Bertz CT molecular complexity index is 1180. The quantitative estimate of drug-likeness (QED) is 0.442. The highest BCUT2D eigenvalue weighted by atomic mass is 79.9. The van der Waals surface area contributed by atoms with Gasteiger partial charge in [0, 0.05) is 26.6 Å². The number of carbonyl (C=O) groups excluding carboxylic acids is 3. The Balaban J connectivity index is 1.97. The van der Waals surface area contributed by atoms with Crippen molar-refractivity contribution in [2.24, 2.45) is 0 Å². The van der Waals surface area contributed by atoms with E-state index in [0.717, 1.165) is 10.0 Å². The van der Waals surface area contributed by atoms with Crippen molar-refractivity contribution < 1.29 is 14.4 Å². The summed E-state index contributed by atoms with van der Waals surface area (Å²) in [7, 11) is 0. The lowest BCUT2D eigenvalue weighted by molar-refractivity contribution is -0.137. The van der Waals surface area contributed by atoms with Gasteiger partial charge in [-0.2, -0.15) is 0 Å². The number of hydrogen-bond acceptors (Lipinski definition) is 3. The molecule has 9 heteroatoms. The van der Waals surface area contributed by atoms with Crippen LogP contribution in [0.5, 0.6) is 0 Å². The molecule has 1 aromatic heterocycles. The standard InChI is InChI=1S/C22H22BrClN4O3/c1-4-12(2)25-21(30)22(31)27-28-18-9-8-15(23)10-14(18)11-19(28)20(29)26-17-7-5-6-16(24)13(17)3/h5-12H,4H2,1-3H3,(H,25,30)(H,26,29)(H,27,31)/t12-/m1/s1. The Morgan fingerprint density at radius 1 is 1.13 bits per heavy atom. The first-order valence-electron chi connectivity index (χ1n) is 9.70. The van der Waals surface area contributed by atoms with Crippen molar-refractivity contribution in [3.63, 3.8) is 0 Å². The van der Waals surface area contributed by atoms with Gasteiger partial charge >= 0.3 is 11.8 Å². The average Bonchev–Trinajstić information content (AvgIpc) is 3.08. The van der Waals surface area contributed by atoms with Gasteiger partial charge in [0.05, 0.1) is 5.52 Å². The number of benzene rings is 2. The number of rotatable bonds is 5. The molecule has 0 aliphatic carbocycles. The minimum Gasteiger partial charge on any atom is -0.345 e. The van der Waals surface area contributed by atoms with Gasteiger partial charge in [0.25, 0.3) is 5.91 Å². The molecule has 1 atom stereocenters. The van der Waals surface area contributed by atoms with E-state index in [2.05, 4.69) is 32.0 Å². The molecule has 1 heterocycles. The number of nitrogens with one attached hydrogen (secondary N) is 3. The van der Waals surface area contributed by atoms with Crippen molar-refractivity contribution >= 4 is 61.8 Å². The first-order chi connectivity index (χ1) is 14.7. The van der Waals surface area contributed by atoms with Crippen LogP contribution in [0.15, 0.2) is 46.9 Å². The molecule has 0 saturated carbocycles. The Kier molecular flexibility index (Phi) is 7.02. The number of fused-ring (bicyclic) bond motifs is 1. The monoisotopic (exact) mass is 504 g/mol. The predicted molar refractivity (Wildman–Crippen MR) is 126 cm³/mol. The van der Waals surface area contributed by atoms with Crippen LogP contribution in [0.1, 0.15) is 36.3 Å². The molecule has 2 aromatic carbocycles. The molecule has 0 unspecified atom stereocenters. The predicted octanol–water partition coefficient (Wildman–Crippen LogP) is 4.60. The lowest BCUT2D eigenvalue weighted by atomic mass is 10.2. The van der Waals surface area contributed by atoms with Crippen molar-refractivity contribution in [3.8, 4) is 0 Å². The van der Waals surface area contributed by atoms with Gasteiger partial charge in [0.2, 0.25) is 0 Å². The van der Waals surface area contributed by atoms with E-state index in [0.29, 0.717) is 28.0 Å². The van der Waals surface area contributed by atoms with Crippen LogP contribution in [-0.4, -0.2) is 28.4 Å². The highest BCUT2D eigenvalue weighted by molar-refractivity contribution is 9.10. The maximum Gasteiger partial charge on any atom is 0.328 e. The van der Waals surface area contributed by atoms with Gasteiger partial charge in [-0.15, -0.1) is 0 Å². The number of nitrogens with zero attached hydrogens (tertiary/aromatic N) is 1. The molecule has 3 N–H and O–H groups in total. The lowest BCUT2D eigenvalue weighted by Gasteiger charge is -2.15. The van der Waals surface area contributed by atoms with Crippen LogP contribution in [-0.2, 0) is 9.59 Å². The zero-order valence-electron chi connectivity index (χ0n) is 17.3. The minimum absolute atomic E-state index is 0.149. The molecule has 0 radical (unpaired) electrons. The summed E-state index contributed by atoms with van der Waals surface area (Å²) < 4.78 is 2.13. The molecule has 7 nitrogen and oxygen atoms in total. The normalized spacial score (nSPS) is 11.8. The van der Waals surface area contributed by atoms with Gasteiger partial charge in [-0.3, -0.25) is 19.8 Å². The van der Waals surface area contributed by atoms with Crippen molar-refractivity contribution in [1.82, 2.24) is 9.99 Å². The topological polar surface area (TPSA) is 92.2 Å². The average molecular weight is 506 g/mol. The Morgan fingerprint density at radius 3 is 2.58 bits per heavy atom. The SMILES string of the molecule is CC[C@@H](C)NC(=O)C(=O)Nn1c(C(=O)Nc2cccc(Cl)c2C)cc2cc(Br)ccc21. The fourth-order valence-electron chi connectivity index (χ4n) is 2.95. The van der Waals surface area contributed by atoms with E-state index in [1.807, 2.05) is 13.0 Å². The van der Waals surface area contributed by atoms with Crippen molar-refractivity contribution in [1.29, 1.82) is 0 Å². The molecule has 0 saturated heterocycles. The zero-order chi connectivity index (χ0) is 22.7. The molecule has 31 heavy (non-hydrogen) atoms. The van der Waals surface area contributed by atoms with Crippen LogP contribution in [0, 0.1) is 6.92 Å². The van der Waals surface area contributed by atoms with E-state index in [4.69, 9.17) is 11.6 Å². The first kappa shape index (κ1) is 22.8. The summed E-state index contributed by atoms with van der Waals surface area (Å²) in [6.45, 7) is 5.51. The van der Waals surface area contributed by atoms with Crippen LogP contribution in [0.4, 0.5) is 5.69 Å². The fourth-order valence-corrected chi connectivity index (χ4v) is 3.50. The maximum absolute atomic E-state index is 13.1. The summed E-state index contributed by atoms with van der Waals surface area (Å²) in [5.41, 5.74) is 4.55. The van der Waals surface area contributed by atoms with Crippen LogP contribution < -0.4 is 16.1 Å². The third-order valence-electron chi connectivity index (χ3n) is 4.92. The summed E-state index contributed by atoms with van der Waals surface area (Å²) in [5.74, 6) is -2.10. The number of amides is 3. The van der Waals surface area contributed by atoms with Gasteiger partial charge in [-0.25, -0.2) is 4.68 Å². The Hall–Kier alpha value is -2.84. The van der Waals surface area contributed by atoms with E-state index < -0.39 is 17.7 Å². The fraction of sp³-hybridized carbons (Fsp3) is 0.227. The van der Waals surface area contributed by atoms with Gasteiger partial charge < -0.3 is 10.6 Å². The number of anilines is 1. The van der Waals surface area contributed by atoms with Crippen LogP contribution in [0.2, 0.25) is 5.02 Å². The van der Waals surface area contributed by atoms with E-state index in [1.54, 1.807) is 50.2 Å². The van der Waals surface area contributed by atoms with E-state index in [-0.39, 0.29) is 11.7 Å². The molecule has 0 aliphatic heterocycles. The van der Waals surface area contributed by atoms with E-state index in [9.17, 15) is 14.4 Å². The summed E-state index contributed by atoms with van der Waals surface area (Å²) in [6, 6.07) is 12.0. The first-order valence-corrected chi connectivity index (χ1v) is 10.9. The second-order valence-corrected chi connectivity index (χ2v) is 8.48. The van der Waals surface area contributed by atoms with Gasteiger partial charge in [0.15, 0.2) is 0 Å². The van der Waals surface area contributed by atoms with Crippen molar-refractivity contribution in [2.75, 3.05) is 10.7 Å². The molecule has 0 aliphatic rings. The van der Waals surface area contributed by atoms with E-state index in [1.165, 1.54) is 4.68 Å². The second kappa shape index (κ2) is 9.53. The summed E-state index contributed by atoms with van der Waals surface area (Å²) in [5, 5.41) is 6.67. The molecule has 0 spiro atoms. The van der Waals surface area contributed by atoms with Crippen molar-refractivity contribution in [3.05, 3.63) is 63.2 Å². The van der Waals surface area contributed by atoms with Crippen LogP contribution in [0.3, 0.4) is 0 Å². The molecule has 0 fully saturated rings. The Morgan fingerprint density at radius 2 is 1.87 bits per heavy atom. The van der Waals surface area contributed by atoms with Crippen LogP contribution in [0.25, 0.3) is 10.9 Å². The highest BCUT2D eigenvalue weighted by Gasteiger charge is 2.22. The second-order valence-electron chi connectivity index (χ2n) is 7.16. The summed E-state index contributed by atoms with van der Waals surface area (Å²) in [6.07, 6.45) is 0.687. The highest BCUT2D eigenvalue weighted by Crippen LogP contribution is 2.26. The molecule has 3 amide bonds. The number of hydrogen-bond donors (Lipinski definition) is 3. The summed E-state index contributed by atoms with van der Waals surface area (Å²) in [4.78, 5) is 37.8.